The van der Waals surface area contributed by atoms with E-state index in [1.807, 2.05) is 20.8 Å². The number of halogens is 2. The molecule has 5 heteroatoms. The number of anilines is 1. The van der Waals surface area contributed by atoms with Gasteiger partial charge in [-0.05, 0) is 25.1 Å². The molecule has 0 saturated carbocycles. The Kier molecular flexibility index (Phi) is 3.46. The largest absolute Gasteiger partial charge is 0.383 e. The van der Waals surface area contributed by atoms with Crippen molar-refractivity contribution in [3.05, 3.63) is 41.2 Å². The van der Waals surface area contributed by atoms with Crippen LogP contribution < -0.4 is 5.73 Å². The van der Waals surface area contributed by atoms with Crippen molar-refractivity contribution in [1.82, 2.24) is 9.97 Å². The summed E-state index contributed by atoms with van der Waals surface area (Å²) < 4.78 is 27.3. The van der Waals surface area contributed by atoms with Gasteiger partial charge in [0.1, 0.15) is 23.3 Å². The number of hydrogen-bond acceptors (Lipinski definition) is 3. The van der Waals surface area contributed by atoms with E-state index in [0.717, 1.165) is 18.2 Å². The van der Waals surface area contributed by atoms with Crippen molar-refractivity contribution in [1.29, 1.82) is 0 Å². The summed E-state index contributed by atoms with van der Waals surface area (Å²) in [5.41, 5.74) is 6.52. The summed E-state index contributed by atoms with van der Waals surface area (Å²) in [5.74, 6) is -0.273. The Morgan fingerprint density at radius 2 is 1.75 bits per heavy atom. The van der Waals surface area contributed by atoms with Crippen molar-refractivity contribution in [2.45, 2.75) is 33.1 Å². The Balaban J connectivity index is 2.73. The van der Waals surface area contributed by atoms with Gasteiger partial charge in [0, 0.05) is 16.5 Å². The summed E-state index contributed by atoms with van der Waals surface area (Å²) in [6.45, 7) is 7.50. The average molecular weight is 277 g/mol. The lowest BCUT2D eigenvalue weighted by Gasteiger charge is -2.19. The average Bonchev–Trinajstić information content (AvgIpc) is 2.34. The standard InChI is InChI=1S/C15H17F2N3/c1-8-12(10-7-9(16)5-6-11(10)17)19-14(15(2,3)4)20-13(8)18/h5-7H,1-4H3,(H2,18,19,20). The van der Waals surface area contributed by atoms with Crippen LogP contribution in [-0.4, -0.2) is 9.97 Å². The lowest BCUT2D eigenvalue weighted by molar-refractivity contribution is 0.545. The van der Waals surface area contributed by atoms with Crippen molar-refractivity contribution in [3.8, 4) is 11.3 Å². The second-order valence-electron chi connectivity index (χ2n) is 5.78. The predicted molar refractivity (Wildman–Crippen MR) is 75.2 cm³/mol. The minimum Gasteiger partial charge on any atom is -0.383 e. The van der Waals surface area contributed by atoms with Crippen LogP contribution in [-0.2, 0) is 5.41 Å². The van der Waals surface area contributed by atoms with Gasteiger partial charge in [0.15, 0.2) is 0 Å². The third-order valence-corrected chi connectivity index (χ3v) is 3.04. The molecule has 0 aliphatic carbocycles. The first-order valence-electron chi connectivity index (χ1n) is 6.30. The molecule has 1 aromatic carbocycles. The van der Waals surface area contributed by atoms with Crippen molar-refractivity contribution < 1.29 is 8.78 Å². The van der Waals surface area contributed by atoms with Gasteiger partial charge in [-0.15, -0.1) is 0 Å². The molecule has 0 aliphatic heterocycles. The fraction of sp³-hybridized carbons (Fsp3) is 0.333. The summed E-state index contributed by atoms with van der Waals surface area (Å²) >= 11 is 0. The second-order valence-corrected chi connectivity index (χ2v) is 5.78. The highest BCUT2D eigenvalue weighted by molar-refractivity contribution is 5.68. The van der Waals surface area contributed by atoms with E-state index in [0.29, 0.717) is 17.1 Å². The van der Waals surface area contributed by atoms with Gasteiger partial charge in [0.25, 0.3) is 0 Å². The monoisotopic (exact) mass is 277 g/mol. The van der Waals surface area contributed by atoms with Gasteiger partial charge in [-0.1, -0.05) is 20.8 Å². The van der Waals surface area contributed by atoms with E-state index in [4.69, 9.17) is 5.73 Å². The molecule has 2 rings (SSSR count). The van der Waals surface area contributed by atoms with E-state index in [1.165, 1.54) is 0 Å². The Hall–Kier alpha value is -2.04. The molecule has 1 heterocycles. The summed E-state index contributed by atoms with van der Waals surface area (Å²) in [6.07, 6.45) is 0. The molecule has 0 amide bonds. The zero-order valence-corrected chi connectivity index (χ0v) is 12.0. The van der Waals surface area contributed by atoms with E-state index >= 15 is 0 Å². The third kappa shape index (κ3) is 2.61. The SMILES string of the molecule is Cc1c(N)nc(C(C)(C)C)nc1-c1cc(F)ccc1F. The molecule has 106 valence electrons. The smallest absolute Gasteiger partial charge is 0.136 e. The number of nitrogens with zero attached hydrogens (tertiary/aromatic N) is 2. The van der Waals surface area contributed by atoms with Crippen LogP contribution in [0.5, 0.6) is 0 Å². The normalized spacial score (nSPS) is 11.7. The maximum atomic E-state index is 13.9. The van der Waals surface area contributed by atoms with Crippen LogP contribution >= 0.6 is 0 Å². The molecule has 0 spiro atoms. The minimum absolute atomic E-state index is 0.0992. The molecule has 0 atom stereocenters. The van der Waals surface area contributed by atoms with Gasteiger partial charge < -0.3 is 5.73 Å². The summed E-state index contributed by atoms with van der Waals surface area (Å²) in [5, 5.41) is 0. The molecule has 2 N–H and O–H groups in total. The van der Waals surface area contributed by atoms with Gasteiger partial charge in [0.2, 0.25) is 0 Å². The van der Waals surface area contributed by atoms with Crippen LogP contribution in [0.25, 0.3) is 11.3 Å². The van der Waals surface area contributed by atoms with Gasteiger partial charge in [0.05, 0.1) is 5.69 Å². The zero-order chi connectivity index (χ0) is 15.1. The highest BCUT2D eigenvalue weighted by atomic mass is 19.1. The first-order chi connectivity index (χ1) is 9.20. The Morgan fingerprint density at radius 3 is 2.35 bits per heavy atom. The van der Waals surface area contributed by atoms with Gasteiger partial charge in [-0.3, -0.25) is 0 Å². The van der Waals surface area contributed by atoms with E-state index in [-0.39, 0.29) is 16.8 Å². The Morgan fingerprint density at radius 1 is 1.10 bits per heavy atom. The van der Waals surface area contributed by atoms with Crippen molar-refractivity contribution >= 4 is 5.82 Å². The number of rotatable bonds is 1. The first-order valence-corrected chi connectivity index (χ1v) is 6.30. The quantitative estimate of drug-likeness (QED) is 0.866. The number of aromatic nitrogens is 2. The van der Waals surface area contributed by atoms with Crippen LogP contribution in [0, 0.1) is 18.6 Å². The van der Waals surface area contributed by atoms with Crippen LogP contribution in [0.15, 0.2) is 18.2 Å². The minimum atomic E-state index is -0.535. The maximum absolute atomic E-state index is 13.9. The number of nitrogen functional groups attached to an aromatic ring is 1. The molecule has 2 aromatic rings. The molecule has 0 radical (unpaired) electrons. The highest BCUT2D eigenvalue weighted by Crippen LogP contribution is 2.30. The molecule has 3 nitrogen and oxygen atoms in total. The van der Waals surface area contributed by atoms with Gasteiger partial charge in [-0.25, -0.2) is 18.7 Å². The molecule has 0 bridgehead atoms. The fourth-order valence-electron chi connectivity index (χ4n) is 1.81. The molecule has 0 fully saturated rings. The molecule has 20 heavy (non-hydrogen) atoms. The van der Waals surface area contributed by atoms with Crippen molar-refractivity contribution in [2.24, 2.45) is 0 Å². The predicted octanol–water partition coefficient (Wildman–Crippen LogP) is 3.61. The number of nitrogens with two attached hydrogens (primary N) is 1. The van der Waals surface area contributed by atoms with Crippen molar-refractivity contribution in [3.63, 3.8) is 0 Å². The molecular weight excluding hydrogens is 260 g/mol. The molecular formula is C15H17F2N3. The molecule has 1 aromatic heterocycles. The third-order valence-electron chi connectivity index (χ3n) is 3.04. The van der Waals surface area contributed by atoms with Crippen LogP contribution in [0.3, 0.4) is 0 Å². The Labute approximate surface area is 116 Å². The highest BCUT2D eigenvalue weighted by Gasteiger charge is 2.22. The van der Waals surface area contributed by atoms with Gasteiger partial charge in [-0.2, -0.15) is 0 Å². The maximum Gasteiger partial charge on any atom is 0.136 e. The summed E-state index contributed by atoms with van der Waals surface area (Å²) in [6, 6.07) is 3.28. The van der Waals surface area contributed by atoms with Crippen LogP contribution in [0.4, 0.5) is 14.6 Å². The van der Waals surface area contributed by atoms with E-state index in [9.17, 15) is 8.78 Å². The molecule has 0 aliphatic rings. The van der Waals surface area contributed by atoms with Crippen LogP contribution in [0.2, 0.25) is 0 Å². The first kappa shape index (κ1) is 14.4. The Bertz CT molecular complexity index is 661. The van der Waals surface area contributed by atoms with E-state index < -0.39 is 11.6 Å². The zero-order valence-electron chi connectivity index (χ0n) is 12.0. The van der Waals surface area contributed by atoms with Crippen molar-refractivity contribution in [2.75, 3.05) is 5.73 Å². The summed E-state index contributed by atoms with van der Waals surface area (Å²) in [7, 11) is 0. The van der Waals surface area contributed by atoms with Crippen LogP contribution in [0.1, 0.15) is 32.2 Å². The van der Waals surface area contributed by atoms with Gasteiger partial charge >= 0.3 is 0 Å². The van der Waals surface area contributed by atoms with E-state index in [1.54, 1.807) is 6.92 Å². The number of benzene rings is 1. The molecule has 0 unspecified atom stereocenters. The molecule has 0 saturated heterocycles. The topological polar surface area (TPSA) is 51.8 Å². The summed E-state index contributed by atoms with van der Waals surface area (Å²) in [4.78, 5) is 8.61. The lowest BCUT2D eigenvalue weighted by Crippen LogP contribution is -2.18. The second kappa shape index (κ2) is 4.81. The fourth-order valence-corrected chi connectivity index (χ4v) is 1.81. The number of hydrogen-bond donors (Lipinski definition) is 1. The lowest BCUT2D eigenvalue weighted by atomic mass is 9.94. The van der Waals surface area contributed by atoms with E-state index in [2.05, 4.69) is 9.97 Å².